The van der Waals surface area contributed by atoms with Crippen LogP contribution in [0.1, 0.15) is 12.1 Å². The highest BCUT2D eigenvalue weighted by Gasteiger charge is 2.14. The van der Waals surface area contributed by atoms with Gasteiger partial charge in [-0.2, -0.15) is 5.10 Å². The Morgan fingerprint density at radius 3 is 2.73 bits per heavy atom. The zero-order valence-electron chi connectivity index (χ0n) is 14.7. The zero-order chi connectivity index (χ0) is 18.5. The summed E-state index contributed by atoms with van der Waals surface area (Å²) >= 11 is 1.59. The Morgan fingerprint density at radius 2 is 2.08 bits per heavy atom. The highest BCUT2D eigenvalue weighted by Crippen LogP contribution is 2.22. The van der Waals surface area contributed by atoms with Crippen LogP contribution in [0.3, 0.4) is 0 Å². The summed E-state index contributed by atoms with van der Waals surface area (Å²) in [6.45, 7) is 1.93. The standard InChI is InChI=1S/C17H19N5O3S/c1-11-10-14(21-22(11)2)16-19-20-17(25-16)18-15(23)8-9-26-13-6-4-12(24-3)5-7-13/h4-7,10H,8-9H2,1-3H3,(H,18,20,23). The van der Waals surface area contributed by atoms with Gasteiger partial charge in [-0.1, -0.05) is 5.10 Å². The number of nitrogens with zero attached hydrogens (tertiary/aromatic N) is 4. The van der Waals surface area contributed by atoms with Crippen LogP contribution in [-0.4, -0.2) is 38.7 Å². The van der Waals surface area contributed by atoms with Crippen molar-refractivity contribution in [3.8, 4) is 17.3 Å². The van der Waals surface area contributed by atoms with E-state index in [1.807, 2.05) is 44.3 Å². The number of carbonyl (C=O) groups excluding carboxylic acids is 1. The SMILES string of the molecule is COc1ccc(SCCC(=O)Nc2nnc(-c3cc(C)n(C)n3)o2)cc1. The van der Waals surface area contributed by atoms with Gasteiger partial charge in [0.1, 0.15) is 11.4 Å². The predicted octanol–water partition coefficient (Wildman–Crippen LogP) is 2.91. The van der Waals surface area contributed by atoms with E-state index in [0.29, 0.717) is 17.9 Å². The van der Waals surface area contributed by atoms with E-state index in [0.717, 1.165) is 16.3 Å². The van der Waals surface area contributed by atoms with E-state index < -0.39 is 0 Å². The molecule has 9 heteroatoms. The van der Waals surface area contributed by atoms with E-state index in [1.165, 1.54) is 0 Å². The van der Waals surface area contributed by atoms with Crippen LogP contribution in [0.25, 0.3) is 11.6 Å². The second-order valence-corrected chi connectivity index (χ2v) is 6.70. The molecule has 0 radical (unpaired) electrons. The summed E-state index contributed by atoms with van der Waals surface area (Å²) in [5, 5.41) is 14.6. The molecule has 3 aromatic rings. The lowest BCUT2D eigenvalue weighted by atomic mass is 10.3. The van der Waals surface area contributed by atoms with Crippen LogP contribution < -0.4 is 10.1 Å². The number of hydrogen-bond donors (Lipinski definition) is 1. The molecule has 2 aromatic heterocycles. The molecule has 1 amide bonds. The van der Waals surface area contributed by atoms with Crippen LogP contribution in [0.5, 0.6) is 5.75 Å². The number of rotatable bonds is 7. The molecule has 8 nitrogen and oxygen atoms in total. The molecule has 0 saturated heterocycles. The Bertz CT molecular complexity index is 869. The van der Waals surface area contributed by atoms with Gasteiger partial charge in [-0.15, -0.1) is 16.9 Å². The molecule has 3 rings (SSSR count). The third-order valence-corrected chi connectivity index (χ3v) is 4.68. The largest absolute Gasteiger partial charge is 0.497 e. The number of amides is 1. The molecule has 2 heterocycles. The van der Waals surface area contributed by atoms with Crippen molar-refractivity contribution in [3.63, 3.8) is 0 Å². The number of aromatic nitrogens is 4. The third-order valence-electron chi connectivity index (χ3n) is 3.66. The monoisotopic (exact) mass is 373 g/mol. The van der Waals surface area contributed by atoms with Crippen LogP contribution >= 0.6 is 11.8 Å². The van der Waals surface area contributed by atoms with Gasteiger partial charge in [-0.05, 0) is 37.3 Å². The molecule has 0 spiro atoms. The third kappa shape index (κ3) is 4.42. The van der Waals surface area contributed by atoms with Crippen molar-refractivity contribution >= 4 is 23.7 Å². The minimum atomic E-state index is -0.182. The quantitative estimate of drug-likeness (QED) is 0.636. The number of nitrogens with one attached hydrogen (secondary N) is 1. The topological polar surface area (TPSA) is 95.1 Å². The average Bonchev–Trinajstić information content (AvgIpc) is 3.22. The molecular formula is C17H19N5O3S. The maximum Gasteiger partial charge on any atom is 0.322 e. The summed E-state index contributed by atoms with van der Waals surface area (Å²) in [5.74, 6) is 1.54. The van der Waals surface area contributed by atoms with Crippen molar-refractivity contribution in [1.82, 2.24) is 20.0 Å². The second kappa shape index (κ2) is 8.05. The Labute approximate surface area is 154 Å². The Kier molecular flexibility index (Phi) is 5.57. The fraction of sp³-hybridized carbons (Fsp3) is 0.294. The van der Waals surface area contributed by atoms with Gasteiger partial charge in [0.05, 0.1) is 7.11 Å². The number of methoxy groups -OCH3 is 1. The lowest BCUT2D eigenvalue weighted by Gasteiger charge is -2.03. The van der Waals surface area contributed by atoms with E-state index in [4.69, 9.17) is 9.15 Å². The van der Waals surface area contributed by atoms with Crippen LogP contribution in [-0.2, 0) is 11.8 Å². The van der Waals surface area contributed by atoms with E-state index in [9.17, 15) is 4.79 Å². The fourth-order valence-electron chi connectivity index (χ4n) is 2.16. The van der Waals surface area contributed by atoms with E-state index >= 15 is 0 Å². The fourth-order valence-corrected chi connectivity index (χ4v) is 3.01. The summed E-state index contributed by atoms with van der Waals surface area (Å²) in [5.41, 5.74) is 1.55. The van der Waals surface area contributed by atoms with Crippen LogP contribution in [0.4, 0.5) is 6.01 Å². The average molecular weight is 373 g/mol. The normalized spacial score (nSPS) is 10.7. The van der Waals surface area contributed by atoms with Crippen molar-refractivity contribution < 1.29 is 13.9 Å². The molecule has 0 aliphatic rings. The van der Waals surface area contributed by atoms with Crippen molar-refractivity contribution in [1.29, 1.82) is 0 Å². The summed E-state index contributed by atoms with van der Waals surface area (Å²) < 4.78 is 12.3. The molecule has 0 unspecified atom stereocenters. The summed E-state index contributed by atoms with van der Waals surface area (Å²) in [4.78, 5) is 13.1. The molecular weight excluding hydrogens is 354 g/mol. The van der Waals surface area contributed by atoms with E-state index in [2.05, 4.69) is 20.6 Å². The van der Waals surface area contributed by atoms with E-state index in [-0.39, 0.29) is 17.8 Å². The first-order valence-corrected chi connectivity index (χ1v) is 8.95. The molecule has 0 bridgehead atoms. The lowest BCUT2D eigenvalue weighted by molar-refractivity contribution is -0.115. The number of benzene rings is 1. The van der Waals surface area contributed by atoms with Crippen molar-refractivity contribution in [3.05, 3.63) is 36.0 Å². The summed E-state index contributed by atoms with van der Waals surface area (Å²) in [6, 6.07) is 9.61. The Morgan fingerprint density at radius 1 is 1.31 bits per heavy atom. The van der Waals surface area contributed by atoms with Gasteiger partial charge < -0.3 is 9.15 Å². The first-order valence-electron chi connectivity index (χ1n) is 7.96. The number of hydrogen-bond acceptors (Lipinski definition) is 7. The first-order chi connectivity index (χ1) is 12.5. The maximum absolute atomic E-state index is 12.0. The minimum Gasteiger partial charge on any atom is -0.497 e. The van der Waals surface area contributed by atoms with Gasteiger partial charge in [0.15, 0.2) is 0 Å². The van der Waals surface area contributed by atoms with Gasteiger partial charge in [-0.25, -0.2) is 0 Å². The molecule has 26 heavy (non-hydrogen) atoms. The number of anilines is 1. The number of carbonyl (C=O) groups is 1. The van der Waals surface area contributed by atoms with Gasteiger partial charge in [-0.3, -0.25) is 14.8 Å². The van der Waals surface area contributed by atoms with Crippen LogP contribution in [0.15, 0.2) is 39.6 Å². The summed E-state index contributed by atoms with van der Waals surface area (Å²) in [7, 11) is 3.46. The maximum atomic E-state index is 12.0. The van der Waals surface area contributed by atoms with E-state index in [1.54, 1.807) is 23.6 Å². The minimum absolute atomic E-state index is 0.0720. The van der Waals surface area contributed by atoms with Gasteiger partial charge in [0.25, 0.3) is 5.89 Å². The summed E-state index contributed by atoms with van der Waals surface area (Å²) in [6.07, 6.45) is 0.330. The van der Waals surface area contributed by atoms with Crippen molar-refractivity contribution in [2.75, 3.05) is 18.2 Å². The van der Waals surface area contributed by atoms with Crippen LogP contribution in [0, 0.1) is 6.92 Å². The lowest BCUT2D eigenvalue weighted by Crippen LogP contribution is -2.12. The first kappa shape index (κ1) is 18.0. The molecule has 0 atom stereocenters. The molecule has 1 aromatic carbocycles. The predicted molar refractivity (Wildman–Crippen MR) is 98.2 cm³/mol. The second-order valence-electron chi connectivity index (χ2n) is 5.53. The highest BCUT2D eigenvalue weighted by atomic mass is 32.2. The van der Waals surface area contributed by atoms with Crippen LogP contribution in [0.2, 0.25) is 0 Å². The molecule has 136 valence electrons. The van der Waals surface area contributed by atoms with Gasteiger partial charge >= 0.3 is 6.01 Å². The molecule has 1 N–H and O–H groups in total. The molecule has 0 aliphatic carbocycles. The van der Waals surface area contributed by atoms with Crippen molar-refractivity contribution in [2.24, 2.45) is 7.05 Å². The Balaban J connectivity index is 1.49. The zero-order valence-corrected chi connectivity index (χ0v) is 15.5. The Hall–Kier alpha value is -2.81. The molecule has 0 saturated carbocycles. The van der Waals surface area contributed by atoms with Crippen molar-refractivity contribution in [2.45, 2.75) is 18.2 Å². The molecule has 0 aliphatic heterocycles. The molecule has 0 fully saturated rings. The number of aryl methyl sites for hydroxylation is 2. The smallest absolute Gasteiger partial charge is 0.322 e. The van der Waals surface area contributed by atoms with Gasteiger partial charge in [0.2, 0.25) is 5.91 Å². The number of ether oxygens (including phenoxy) is 1. The van der Waals surface area contributed by atoms with Gasteiger partial charge in [0, 0.05) is 29.8 Å². The number of thioether (sulfide) groups is 1. The highest BCUT2D eigenvalue weighted by molar-refractivity contribution is 7.99.